The summed E-state index contributed by atoms with van der Waals surface area (Å²) < 4.78 is 0. The van der Waals surface area contributed by atoms with E-state index in [1.54, 1.807) is 7.05 Å². The number of anilines is 1. The number of hydrogen-bond donors (Lipinski definition) is 1. The summed E-state index contributed by atoms with van der Waals surface area (Å²) in [7, 11) is 1.68. The molecule has 82 valence electrons. The van der Waals surface area contributed by atoms with Crippen molar-refractivity contribution in [1.29, 1.82) is 0 Å². The van der Waals surface area contributed by atoms with Crippen LogP contribution in [0.1, 0.15) is 0 Å². The van der Waals surface area contributed by atoms with E-state index in [1.165, 1.54) is 23.5 Å². The molecule has 0 bridgehead atoms. The topological polar surface area (TPSA) is 68.1 Å². The number of hydrogen-bond acceptors (Lipinski definition) is 5. The molecule has 0 aliphatic carbocycles. The van der Waals surface area contributed by atoms with Gasteiger partial charge in [0, 0.05) is 13.1 Å². The number of nitrogens with one attached hydrogen (secondary N) is 1. The van der Waals surface area contributed by atoms with E-state index in [0.717, 1.165) is 4.88 Å². The minimum Gasteiger partial charge on any atom is -0.373 e. The van der Waals surface area contributed by atoms with E-state index in [0.29, 0.717) is 11.5 Å². The fourth-order valence-electron chi connectivity index (χ4n) is 1.30. The largest absolute Gasteiger partial charge is 0.373 e. The average molecular weight is 235 g/mol. The van der Waals surface area contributed by atoms with E-state index in [2.05, 4.69) is 10.3 Å². The second-order valence-corrected chi connectivity index (χ2v) is 4.03. The van der Waals surface area contributed by atoms with E-state index in [9.17, 15) is 10.1 Å². The van der Waals surface area contributed by atoms with E-state index in [-0.39, 0.29) is 5.69 Å². The molecule has 0 fully saturated rings. The summed E-state index contributed by atoms with van der Waals surface area (Å²) in [6.45, 7) is 0. The third kappa shape index (κ3) is 2.01. The Balaban J connectivity index is 2.53. The quantitative estimate of drug-likeness (QED) is 0.656. The Morgan fingerprint density at radius 1 is 1.50 bits per heavy atom. The van der Waals surface area contributed by atoms with Crippen molar-refractivity contribution in [3.63, 3.8) is 0 Å². The zero-order valence-electron chi connectivity index (χ0n) is 8.51. The van der Waals surface area contributed by atoms with E-state index >= 15 is 0 Å². The van der Waals surface area contributed by atoms with Crippen LogP contribution in [0.4, 0.5) is 11.5 Å². The first kappa shape index (κ1) is 10.6. The summed E-state index contributed by atoms with van der Waals surface area (Å²) in [5.74, 6) is 0.498. The van der Waals surface area contributed by atoms with E-state index in [1.807, 2.05) is 17.5 Å². The normalized spacial score (nSPS) is 10.1. The highest BCUT2D eigenvalue weighted by molar-refractivity contribution is 7.13. The molecule has 0 saturated heterocycles. The minimum atomic E-state index is -0.417. The zero-order chi connectivity index (χ0) is 11.5. The molecule has 0 aliphatic rings. The summed E-state index contributed by atoms with van der Waals surface area (Å²) in [5, 5.41) is 15.5. The van der Waals surface area contributed by atoms with Crippen molar-refractivity contribution in [3.8, 4) is 10.6 Å². The van der Waals surface area contributed by atoms with Gasteiger partial charge in [0.25, 0.3) is 5.69 Å². The average Bonchev–Trinajstić information content (AvgIpc) is 2.81. The highest BCUT2D eigenvalue weighted by Crippen LogP contribution is 2.28. The predicted molar refractivity (Wildman–Crippen MR) is 63.8 cm³/mol. The highest BCUT2D eigenvalue weighted by Gasteiger charge is 2.12. The molecule has 0 spiro atoms. The maximum Gasteiger partial charge on any atom is 0.275 e. The van der Waals surface area contributed by atoms with Crippen LogP contribution < -0.4 is 5.32 Å². The first-order valence-electron chi connectivity index (χ1n) is 4.59. The molecule has 0 atom stereocenters. The van der Waals surface area contributed by atoms with E-state index in [4.69, 9.17) is 0 Å². The lowest BCUT2D eigenvalue weighted by Gasteiger charge is -2.02. The summed E-state index contributed by atoms with van der Waals surface area (Å²) >= 11 is 1.50. The molecule has 0 saturated carbocycles. The SMILES string of the molecule is CNc1cc([N+](=O)[O-])cc(-c2cccs2)n1. The molecule has 5 nitrogen and oxygen atoms in total. The molecule has 2 heterocycles. The highest BCUT2D eigenvalue weighted by atomic mass is 32.1. The number of nitro groups is 1. The minimum absolute atomic E-state index is 0.0442. The first-order chi connectivity index (χ1) is 7.70. The van der Waals surface area contributed by atoms with Gasteiger partial charge in [-0.25, -0.2) is 4.98 Å². The lowest BCUT2D eigenvalue weighted by atomic mass is 10.2. The molecule has 6 heteroatoms. The molecule has 0 radical (unpaired) electrons. The van der Waals surface area contributed by atoms with Crippen molar-refractivity contribution in [3.05, 3.63) is 39.8 Å². The Morgan fingerprint density at radius 2 is 2.31 bits per heavy atom. The van der Waals surface area contributed by atoms with Crippen molar-refractivity contribution in [2.45, 2.75) is 0 Å². The van der Waals surface area contributed by atoms with Crippen LogP contribution in [0.25, 0.3) is 10.6 Å². The number of aromatic nitrogens is 1. The van der Waals surface area contributed by atoms with Gasteiger partial charge >= 0.3 is 0 Å². The van der Waals surface area contributed by atoms with Crippen LogP contribution in [-0.4, -0.2) is 17.0 Å². The van der Waals surface area contributed by atoms with Gasteiger partial charge in [-0.3, -0.25) is 10.1 Å². The lowest BCUT2D eigenvalue weighted by molar-refractivity contribution is -0.384. The standard InChI is InChI=1S/C10H9N3O2S/c1-11-10-6-7(13(14)15)5-8(12-10)9-3-2-4-16-9/h2-6H,1H3,(H,11,12). The zero-order valence-corrected chi connectivity index (χ0v) is 9.32. The summed E-state index contributed by atoms with van der Waals surface area (Å²) in [6.07, 6.45) is 0. The van der Waals surface area contributed by atoms with Crippen LogP contribution >= 0.6 is 11.3 Å². The van der Waals surface area contributed by atoms with Crippen LogP contribution in [0.3, 0.4) is 0 Å². The van der Waals surface area contributed by atoms with E-state index < -0.39 is 4.92 Å². The Morgan fingerprint density at radius 3 is 2.88 bits per heavy atom. The Labute approximate surface area is 95.9 Å². The van der Waals surface area contributed by atoms with Gasteiger partial charge in [0.2, 0.25) is 0 Å². The first-order valence-corrected chi connectivity index (χ1v) is 5.47. The molecule has 0 aromatic carbocycles. The molecule has 1 N–H and O–H groups in total. The van der Waals surface area contributed by atoms with Crippen LogP contribution in [0, 0.1) is 10.1 Å². The van der Waals surface area contributed by atoms with Gasteiger partial charge in [0.05, 0.1) is 21.6 Å². The molecule has 0 aliphatic heterocycles. The molecule has 0 amide bonds. The van der Waals surface area contributed by atoms with Gasteiger partial charge in [-0.2, -0.15) is 0 Å². The van der Waals surface area contributed by atoms with Crippen LogP contribution in [0.15, 0.2) is 29.6 Å². The number of nitrogens with zero attached hydrogens (tertiary/aromatic N) is 2. The number of pyridine rings is 1. The lowest BCUT2D eigenvalue weighted by Crippen LogP contribution is -1.96. The maximum absolute atomic E-state index is 10.7. The third-order valence-corrected chi connectivity index (χ3v) is 2.94. The van der Waals surface area contributed by atoms with Crippen LogP contribution in [-0.2, 0) is 0 Å². The van der Waals surface area contributed by atoms with Gasteiger partial charge < -0.3 is 5.32 Å². The molecule has 0 unspecified atom stereocenters. The third-order valence-electron chi connectivity index (χ3n) is 2.05. The Kier molecular flexibility index (Phi) is 2.82. The molecular weight excluding hydrogens is 226 g/mol. The predicted octanol–water partition coefficient (Wildman–Crippen LogP) is 2.76. The van der Waals surface area contributed by atoms with Crippen molar-refractivity contribution in [2.75, 3.05) is 12.4 Å². The van der Waals surface area contributed by atoms with Gasteiger partial charge in [-0.1, -0.05) is 6.07 Å². The van der Waals surface area contributed by atoms with Crippen LogP contribution in [0.5, 0.6) is 0 Å². The van der Waals surface area contributed by atoms with Gasteiger partial charge in [0.15, 0.2) is 0 Å². The number of rotatable bonds is 3. The second-order valence-electron chi connectivity index (χ2n) is 3.08. The van der Waals surface area contributed by atoms with Gasteiger partial charge in [0.1, 0.15) is 5.82 Å². The van der Waals surface area contributed by atoms with Crippen LogP contribution in [0.2, 0.25) is 0 Å². The van der Waals surface area contributed by atoms with Crippen molar-refractivity contribution < 1.29 is 4.92 Å². The van der Waals surface area contributed by atoms with Crippen molar-refractivity contribution in [2.24, 2.45) is 0 Å². The fraction of sp³-hybridized carbons (Fsp3) is 0.100. The second kappa shape index (κ2) is 4.28. The Hall–Kier alpha value is -1.95. The smallest absolute Gasteiger partial charge is 0.275 e. The molecular formula is C10H9N3O2S. The van der Waals surface area contributed by atoms with Gasteiger partial charge in [-0.05, 0) is 11.4 Å². The summed E-state index contributed by atoms with van der Waals surface area (Å²) in [6, 6.07) is 6.67. The maximum atomic E-state index is 10.7. The summed E-state index contributed by atoms with van der Waals surface area (Å²) in [5.41, 5.74) is 0.663. The molecule has 2 aromatic heterocycles. The molecule has 16 heavy (non-hydrogen) atoms. The fourth-order valence-corrected chi connectivity index (χ4v) is 1.99. The Bertz CT molecular complexity index is 511. The molecule has 2 rings (SSSR count). The van der Waals surface area contributed by atoms with Crippen molar-refractivity contribution >= 4 is 22.8 Å². The monoisotopic (exact) mass is 235 g/mol. The summed E-state index contributed by atoms with van der Waals surface area (Å²) in [4.78, 5) is 15.5. The number of thiophene rings is 1. The van der Waals surface area contributed by atoms with Crippen molar-refractivity contribution in [1.82, 2.24) is 4.98 Å². The molecule has 2 aromatic rings. The van der Waals surface area contributed by atoms with Gasteiger partial charge in [-0.15, -0.1) is 11.3 Å².